The van der Waals surface area contributed by atoms with Crippen LogP contribution in [-0.2, 0) is 5.75 Å². The van der Waals surface area contributed by atoms with Gasteiger partial charge in [-0.2, -0.15) is 5.10 Å². The minimum Gasteiger partial charge on any atom is -0.504 e. The van der Waals surface area contributed by atoms with Crippen molar-refractivity contribution in [3.05, 3.63) is 83.4 Å². The van der Waals surface area contributed by atoms with Gasteiger partial charge in [-0.3, -0.25) is 4.79 Å². The average Bonchev–Trinajstić information content (AvgIpc) is 3.23. The molecule has 4 aromatic rings. The molecule has 0 atom stereocenters. The van der Waals surface area contributed by atoms with E-state index in [0.717, 1.165) is 21.2 Å². The molecule has 1 heterocycles. The number of rotatable bonds is 8. The second-order valence-electron chi connectivity index (χ2n) is 6.76. The number of hydrogen-bond acceptors (Lipinski definition) is 7. The van der Waals surface area contributed by atoms with E-state index in [4.69, 9.17) is 4.74 Å². The fourth-order valence-electron chi connectivity index (χ4n) is 2.95. The topological polar surface area (TPSA) is 83.8 Å². The molecule has 8 heteroatoms. The molecule has 6 nitrogen and oxygen atoms in total. The Hall–Kier alpha value is -3.36. The van der Waals surface area contributed by atoms with Crippen molar-refractivity contribution in [2.45, 2.75) is 17.0 Å². The summed E-state index contributed by atoms with van der Waals surface area (Å²) >= 11 is 3.36. The first-order valence-corrected chi connectivity index (χ1v) is 11.8. The number of nitrogens with zero attached hydrogens (tertiary/aromatic N) is 2. The molecule has 0 saturated heterocycles. The van der Waals surface area contributed by atoms with Crippen LogP contribution in [0.3, 0.4) is 0 Å². The van der Waals surface area contributed by atoms with Crippen LogP contribution in [0.4, 0.5) is 0 Å². The Balaban J connectivity index is 1.33. The van der Waals surface area contributed by atoms with Crippen molar-refractivity contribution in [2.24, 2.45) is 5.10 Å². The maximum atomic E-state index is 12.4. The summed E-state index contributed by atoms with van der Waals surface area (Å²) < 4.78 is 7.55. The first-order valence-electron chi connectivity index (χ1n) is 9.99. The number of fused-ring (bicyclic) bond motifs is 1. The highest BCUT2D eigenvalue weighted by atomic mass is 32.2. The van der Waals surface area contributed by atoms with Crippen LogP contribution in [0, 0.1) is 0 Å². The molecule has 2 N–H and O–H groups in total. The van der Waals surface area contributed by atoms with Crippen molar-refractivity contribution in [1.29, 1.82) is 0 Å². The number of nitrogens with one attached hydrogen (secondary N) is 1. The van der Waals surface area contributed by atoms with Crippen LogP contribution < -0.4 is 10.2 Å². The van der Waals surface area contributed by atoms with Crippen molar-refractivity contribution < 1.29 is 14.6 Å². The predicted molar refractivity (Wildman–Crippen MR) is 130 cm³/mol. The zero-order chi connectivity index (χ0) is 22.3. The van der Waals surface area contributed by atoms with Gasteiger partial charge in [-0.15, -0.1) is 11.3 Å². The Labute approximate surface area is 194 Å². The number of aromatic hydroxyl groups is 1. The van der Waals surface area contributed by atoms with Gasteiger partial charge in [0.05, 0.1) is 23.0 Å². The van der Waals surface area contributed by atoms with Gasteiger partial charge in [-0.1, -0.05) is 42.1 Å². The number of benzene rings is 3. The minimum absolute atomic E-state index is 0.0117. The number of aromatic nitrogens is 1. The summed E-state index contributed by atoms with van der Waals surface area (Å²) in [5, 5.41) is 14.1. The van der Waals surface area contributed by atoms with Gasteiger partial charge in [0.1, 0.15) is 0 Å². The summed E-state index contributed by atoms with van der Waals surface area (Å²) in [6, 6.07) is 20.6. The standard InChI is InChI=1S/C24H21N3O3S2/c1-2-30-20-8-5-6-18(22(20)28)14-25-27-23(29)17-12-10-16(11-13-17)15-31-24-26-19-7-3-4-9-21(19)32-24/h3-14,28H,2,15H2,1H3,(H,27,29)/b25-14+. The van der Waals surface area contributed by atoms with Crippen LogP contribution in [0.5, 0.6) is 11.5 Å². The van der Waals surface area contributed by atoms with E-state index in [9.17, 15) is 9.90 Å². The Morgan fingerprint density at radius 1 is 1.16 bits per heavy atom. The third kappa shape index (κ3) is 5.27. The zero-order valence-corrected chi connectivity index (χ0v) is 19.0. The number of hydrogen-bond donors (Lipinski definition) is 2. The molecule has 0 aliphatic heterocycles. The number of amides is 1. The number of para-hydroxylation sites is 2. The summed E-state index contributed by atoms with van der Waals surface area (Å²) in [7, 11) is 0. The molecule has 32 heavy (non-hydrogen) atoms. The molecular formula is C24H21N3O3S2. The number of thiazole rings is 1. The summed E-state index contributed by atoms with van der Waals surface area (Å²) in [4.78, 5) is 17.0. The fourth-order valence-corrected chi connectivity index (χ4v) is 4.97. The van der Waals surface area contributed by atoms with Gasteiger partial charge >= 0.3 is 0 Å². The molecular weight excluding hydrogens is 442 g/mol. The van der Waals surface area contributed by atoms with Gasteiger partial charge in [0.2, 0.25) is 0 Å². The van der Waals surface area contributed by atoms with Crippen LogP contribution in [0.2, 0.25) is 0 Å². The molecule has 0 unspecified atom stereocenters. The molecule has 0 aliphatic rings. The van der Waals surface area contributed by atoms with Gasteiger partial charge in [0, 0.05) is 16.9 Å². The lowest BCUT2D eigenvalue weighted by molar-refractivity contribution is 0.0955. The molecule has 1 aromatic heterocycles. The van der Waals surface area contributed by atoms with Gasteiger partial charge in [0.15, 0.2) is 15.8 Å². The summed E-state index contributed by atoms with van der Waals surface area (Å²) in [5.41, 5.74) is 5.57. The van der Waals surface area contributed by atoms with Gasteiger partial charge < -0.3 is 9.84 Å². The minimum atomic E-state index is -0.327. The van der Waals surface area contributed by atoms with Gasteiger partial charge in [-0.05, 0) is 48.9 Å². The highest BCUT2D eigenvalue weighted by molar-refractivity contribution is 8.00. The van der Waals surface area contributed by atoms with Crippen molar-refractivity contribution >= 4 is 45.4 Å². The first-order chi connectivity index (χ1) is 15.6. The Kier molecular flexibility index (Phi) is 7.03. The lowest BCUT2D eigenvalue weighted by Gasteiger charge is -2.07. The SMILES string of the molecule is CCOc1cccc(/C=N/NC(=O)c2ccc(CSc3nc4ccccc4s3)cc2)c1O. The molecule has 1 amide bonds. The quantitative estimate of drug-likeness (QED) is 0.206. The summed E-state index contributed by atoms with van der Waals surface area (Å²) in [6.45, 7) is 2.28. The molecule has 0 saturated carbocycles. The number of carbonyl (C=O) groups is 1. The number of thioether (sulfide) groups is 1. The van der Waals surface area contributed by atoms with E-state index in [-0.39, 0.29) is 11.7 Å². The second kappa shape index (κ2) is 10.3. The third-order valence-electron chi connectivity index (χ3n) is 4.55. The zero-order valence-electron chi connectivity index (χ0n) is 17.3. The highest BCUT2D eigenvalue weighted by Gasteiger charge is 2.08. The van der Waals surface area contributed by atoms with Crippen LogP contribution >= 0.6 is 23.1 Å². The maximum absolute atomic E-state index is 12.4. The second-order valence-corrected chi connectivity index (χ2v) is 9.01. The molecule has 0 spiro atoms. The molecule has 162 valence electrons. The Morgan fingerprint density at radius 3 is 2.75 bits per heavy atom. The van der Waals surface area contributed by atoms with E-state index < -0.39 is 0 Å². The molecule has 0 radical (unpaired) electrons. The normalized spacial score (nSPS) is 11.2. The van der Waals surface area contributed by atoms with E-state index in [0.29, 0.717) is 23.5 Å². The maximum Gasteiger partial charge on any atom is 0.271 e. The Morgan fingerprint density at radius 2 is 1.97 bits per heavy atom. The number of ether oxygens (including phenoxy) is 1. The molecule has 0 fully saturated rings. The molecule has 4 rings (SSSR count). The van der Waals surface area contributed by atoms with Crippen molar-refractivity contribution in [2.75, 3.05) is 6.61 Å². The molecule has 0 aliphatic carbocycles. The molecule has 0 bridgehead atoms. The van der Waals surface area contributed by atoms with Crippen molar-refractivity contribution in [3.63, 3.8) is 0 Å². The van der Waals surface area contributed by atoms with E-state index >= 15 is 0 Å². The number of phenols is 1. The number of phenolic OH excluding ortho intramolecular Hbond substituents is 1. The monoisotopic (exact) mass is 463 g/mol. The van der Waals surface area contributed by atoms with Gasteiger partial charge in [0.25, 0.3) is 5.91 Å². The van der Waals surface area contributed by atoms with Crippen LogP contribution in [-0.4, -0.2) is 28.8 Å². The number of carbonyl (C=O) groups excluding carboxylic acids is 1. The average molecular weight is 464 g/mol. The highest BCUT2D eigenvalue weighted by Crippen LogP contribution is 2.31. The lowest BCUT2D eigenvalue weighted by atomic mass is 10.1. The lowest BCUT2D eigenvalue weighted by Crippen LogP contribution is -2.17. The largest absolute Gasteiger partial charge is 0.504 e. The van der Waals surface area contributed by atoms with E-state index in [1.54, 1.807) is 53.4 Å². The first kappa shape index (κ1) is 21.9. The third-order valence-corrected chi connectivity index (χ3v) is 6.80. The van der Waals surface area contributed by atoms with Crippen molar-refractivity contribution in [3.8, 4) is 11.5 Å². The van der Waals surface area contributed by atoms with Crippen LogP contribution in [0.15, 0.2) is 76.2 Å². The van der Waals surface area contributed by atoms with Gasteiger partial charge in [-0.25, -0.2) is 10.4 Å². The fraction of sp³-hybridized carbons (Fsp3) is 0.125. The Bertz CT molecular complexity index is 1220. The van der Waals surface area contributed by atoms with Crippen molar-refractivity contribution in [1.82, 2.24) is 10.4 Å². The van der Waals surface area contributed by atoms with E-state index in [1.807, 2.05) is 37.3 Å². The predicted octanol–water partition coefficient (Wildman–Crippen LogP) is 5.46. The summed E-state index contributed by atoms with van der Waals surface area (Å²) in [6.07, 6.45) is 1.39. The van der Waals surface area contributed by atoms with Crippen LogP contribution in [0.1, 0.15) is 28.4 Å². The summed E-state index contributed by atoms with van der Waals surface area (Å²) in [5.74, 6) is 0.812. The van der Waals surface area contributed by atoms with E-state index in [2.05, 4.69) is 21.6 Å². The van der Waals surface area contributed by atoms with E-state index in [1.165, 1.54) is 10.9 Å². The smallest absolute Gasteiger partial charge is 0.271 e. The van der Waals surface area contributed by atoms with Crippen LogP contribution in [0.25, 0.3) is 10.2 Å². The number of hydrazone groups is 1. The molecule has 3 aromatic carbocycles.